The van der Waals surface area contributed by atoms with E-state index in [1.807, 2.05) is 38.2 Å². The molecule has 66 valence electrons. The zero-order valence-electron chi connectivity index (χ0n) is 7.70. The number of anilines is 1. The maximum absolute atomic E-state index is 4.42. The van der Waals surface area contributed by atoms with Crippen LogP contribution in [0.15, 0.2) is 24.3 Å². The van der Waals surface area contributed by atoms with Crippen LogP contribution in [-0.4, -0.2) is 17.0 Å². The van der Waals surface area contributed by atoms with Crippen molar-refractivity contribution >= 4 is 16.9 Å². The summed E-state index contributed by atoms with van der Waals surface area (Å²) in [7, 11) is 1.85. The van der Waals surface area contributed by atoms with Crippen molar-refractivity contribution in [3.63, 3.8) is 0 Å². The first-order valence-electron chi connectivity index (χ1n) is 4.22. The molecular formula is C10H11N3. The van der Waals surface area contributed by atoms with Gasteiger partial charge in [-0.2, -0.15) is 0 Å². The van der Waals surface area contributed by atoms with Gasteiger partial charge in [0.1, 0.15) is 5.82 Å². The van der Waals surface area contributed by atoms with Gasteiger partial charge in [-0.05, 0) is 19.1 Å². The standard InChI is InChI=1S/C10H11N3/c1-7-10(11-2)13-9-6-4-3-5-8(9)12-7/h3-6H,1-2H3,(H,11,13). The van der Waals surface area contributed by atoms with Crippen molar-refractivity contribution in [1.82, 2.24) is 9.97 Å². The minimum Gasteiger partial charge on any atom is -0.372 e. The number of aromatic nitrogens is 2. The Kier molecular flexibility index (Phi) is 1.85. The Hall–Kier alpha value is -1.64. The van der Waals surface area contributed by atoms with Gasteiger partial charge in [0, 0.05) is 7.05 Å². The number of aryl methyl sites for hydroxylation is 1. The molecule has 0 amide bonds. The topological polar surface area (TPSA) is 37.8 Å². The third-order valence-electron chi connectivity index (χ3n) is 1.98. The van der Waals surface area contributed by atoms with Crippen LogP contribution in [0.3, 0.4) is 0 Å². The number of benzene rings is 1. The normalized spacial score (nSPS) is 10.3. The lowest BCUT2D eigenvalue weighted by Crippen LogP contribution is -1.98. The van der Waals surface area contributed by atoms with Gasteiger partial charge in [-0.1, -0.05) is 12.1 Å². The fourth-order valence-corrected chi connectivity index (χ4v) is 1.33. The number of fused-ring (bicyclic) bond motifs is 1. The smallest absolute Gasteiger partial charge is 0.147 e. The highest BCUT2D eigenvalue weighted by atomic mass is 15.0. The molecule has 0 radical (unpaired) electrons. The first-order valence-corrected chi connectivity index (χ1v) is 4.22. The molecule has 0 aliphatic carbocycles. The molecule has 0 aliphatic heterocycles. The van der Waals surface area contributed by atoms with Gasteiger partial charge >= 0.3 is 0 Å². The van der Waals surface area contributed by atoms with E-state index in [2.05, 4.69) is 15.3 Å². The average Bonchev–Trinajstić information content (AvgIpc) is 2.17. The van der Waals surface area contributed by atoms with Gasteiger partial charge in [0.2, 0.25) is 0 Å². The van der Waals surface area contributed by atoms with E-state index in [-0.39, 0.29) is 0 Å². The largest absolute Gasteiger partial charge is 0.372 e. The Bertz CT molecular complexity index is 437. The molecule has 0 saturated heterocycles. The second kappa shape index (κ2) is 3.01. The van der Waals surface area contributed by atoms with E-state index in [1.165, 1.54) is 0 Å². The van der Waals surface area contributed by atoms with Gasteiger partial charge in [0.25, 0.3) is 0 Å². The highest BCUT2D eigenvalue weighted by Gasteiger charge is 2.01. The van der Waals surface area contributed by atoms with Gasteiger partial charge in [-0.25, -0.2) is 9.97 Å². The van der Waals surface area contributed by atoms with Crippen LogP contribution >= 0.6 is 0 Å². The maximum Gasteiger partial charge on any atom is 0.147 e. The summed E-state index contributed by atoms with van der Waals surface area (Å²) in [4.78, 5) is 8.84. The van der Waals surface area contributed by atoms with Crippen LogP contribution in [0, 0.1) is 6.92 Å². The van der Waals surface area contributed by atoms with Crippen LogP contribution in [0.25, 0.3) is 11.0 Å². The van der Waals surface area contributed by atoms with Crippen molar-refractivity contribution in [3.8, 4) is 0 Å². The van der Waals surface area contributed by atoms with Gasteiger partial charge in [-0.15, -0.1) is 0 Å². The minimum absolute atomic E-state index is 0.846. The van der Waals surface area contributed by atoms with Crippen LogP contribution in [0.2, 0.25) is 0 Å². The highest BCUT2D eigenvalue weighted by molar-refractivity contribution is 5.76. The molecule has 0 fully saturated rings. The van der Waals surface area contributed by atoms with Crippen molar-refractivity contribution in [3.05, 3.63) is 30.0 Å². The van der Waals surface area contributed by atoms with Crippen molar-refractivity contribution in [1.29, 1.82) is 0 Å². The summed E-state index contributed by atoms with van der Waals surface area (Å²) in [5, 5.41) is 3.01. The van der Waals surface area contributed by atoms with Crippen molar-refractivity contribution in [2.45, 2.75) is 6.92 Å². The van der Waals surface area contributed by atoms with Gasteiger partial charge in [-0.3, -0.25) is 0 Å². The van der Waals surface area contributed by atoms with Crippen molar-refractivity contribution in [2.75, 3.05) is 12.4 Å². The van der Waals surface area contributed by atoms with Crippen molar-refractivity contribution < 1.29 is 0 Å². The summed E-state index contributed by atoms with van der Waals surface area (Å²) in [6.07, 6.45) is 0. The summed E-state index contributed by atoms with van der Waals surface area (Å²) in [6.45, 7) is 1.95. The Morgan fingerprint density at radius 3 is 2.31 bits per heavy atom. The molecule has 3 heteroatoms. The zero-order chi connectivity index (χ0) is 9.26. The van der Waals surface area contributed by atoms with Gasteiger partial charge in [0.05, 0.1) is 16.7 Å². The fourth-order valence-electron chi connectivity index (χ4n) is 1.33. The number of rotatable bonds is 1. The predicted molar refractivity (Wildman–Crippen MR) is 53.8 cm³/mol. The van der Waals surface area contributed by atoms with E-state index in [0.29, 0.717) is 0 Å². The molecule has 2 rings (SSSR count). The first kappa shape index (κ1) is 7.98. The van der Waals surface area contributed by atoms with Crippen LogP contribution in [0.5, 0.6) is 0 Å². The lowest BCUT2D eigenvalue weighted by atomic mass is 10.3. The molecule has 0 atom stereocenters. The van der Waals surface area contributed by atoms with E-state index in [1.54, 1.807) is 0 Å². The number of para-hydroxylation sites is 2. The van der Waals surface area contributed by atoms with E-state index in [9.17, 15) is 0 Å². The molecule has 1 N–H and O–H groups in total. The molecule has 1 aromatic carbocycles. The Labute approximate surface area is 76.8 Å². The van der Waals surface area contributed by atoms with Crippen LogP contribution in [-0.2, 0) is 0 Å². The van der Waals surface area contributed by atoms with E-state index < -0.39 is 0 Å². The SMILES string of the molecule is CNc1nc2ccccc2nc1C. The Balaban J connectivity index is 2.74. The molecule has 0 aliphatic rings. The van der Waals surface area contributed by atoms with Gasteiger partial charge in [0.15, 0.2) is 0 Å². The molecular weight excluding hydrogens is 162 g/mol. The highest BCUT2D eigenvalue weighted by Crippen LogP contribution is 2.14. The molecule has 1 aromatic heterocycles. The molecule has 0 saturated carbocycles. The quantitative estimate of drug-likeness (QED) is 0.716. The van der Waals surface area contributed by atoms with E-state index in [0.717, 1.165) is 22.5 Å². The first-order chi connectivity index (χ1) is 6.31. The molecule has 0 unspecified atom stereocenters. The second-order valence-electron chi connectivity index (χ2n) is 2.90. The average molecular weight is 173 g/mol. The monoisotopic (exact) mass is 173 g/mol. The molecule has 2 aromatic rings. The lowest BCUT2D eigenvalue weighted by molar-refractivity contribution is 1.17. The number of nitrogens with zero attached hydrogens (tertiary/aromatic N) is 2. The van der Waals surface area contributed by atoms with Crippen LogP contribution in [0.4, 0.5) is 5.82 Å². The Morgan fingerprint density at radius 1 is 1.08 bits per heavy atom. The molecule has 0 bridgehead atoms. The minimum atomic E-state index is 0.846. The Morgan fingerprint density at radius 2 is 1.69 bits per heavy atom. The third-order valence-corrected chi connectivity index (χ3v) is 1.98. The number of nitrogens with one attached hydrogen (secondary N) is 1. The third kappa shape index (κ3) is 1.33. The fraction of sp³-hybridized carbons (Fsp3) is 0.200. The van der Waals surface area contributed by atoms with Crippen molar-refractivity contribution in [2.24, 2.45) is 0 Å². The molecule has 0 spiro atoms. The second-order valence-corrected chi connectivity index (χ2v) is 2.90. The summed E-state index contributed by atoms with van der Waals surface area (Å²) >= 11 is 0. The number of hydrogen-bond acceptors (Lipinski definition) is 3. The molecule has 3 nitrogen and oxygen atoms in total. The number of hydrogen-bond donors (Lipinski definition) is 1. The molecule has 1 heterocycles. The zero-order valence-corrected chi connectivity index (χ0v) is 7.70. The van der Waals surface area contributed by atoms with E-state index >= 15 is 0 Å². The van der Waals surface area contributed by atoms with E-state index in [4.69, 9.17) is 0 Å². The lowest BCUT2D eigenvalue weighted by Gasteiger charge is -2.04. The summed E-state index contributed by atoms with van der Waals surface area (Å²) in [5.74, 6) is 0.846. The molecule has 13 heavy (non-hydrogen) atoms. The summed E-state index contributed by atoms with van der Waals surface area (Å²) in [6, 6.07) is 7.86. The maximum atomic E-state index is 4.42. The van der Waals surface area contributed by atoms with Crippen LogP contribution < -0.4 is 5.32 Å². The predicted octanol–water partition coefficient (Wildman–Crippen LogP) is 1.98. The van der Waals surface area contributed by atoms with Crippen LogP contribution in [0.1, 0.15) is 5.69 Å². The summed E-state index contributed by atoms with van der Waals surface area (Å²) in [5.41, 5.74) is 2.80. The summed E-state index contributed by atoms with van der Waals surface area (Å²) < 4.78 is 0. The van der Waals surface area contributed by atoms with Gasteiger partial charge < -0.3 is 5.32 Å².